The van der Waals surface area contributed by atoms with Crippen LogP contribution in [0.5, 0.6) is 0 Å². The van der Waals surface area contributed by atoms with E-state index in [-0.39, 0.29) is 23.0 Å². The molecule has 0 fully saturated rings. The van der Waals surface area contributed by atoms with Gasteiger partial charge in [0.1, 0.15) is 5.69 Å². The third-order valence-corrected chi connectivity index (χ3v) is 2.06. The normalized spacial score (nSPS) is 11.3. The Kier molecular flexibility index (Phi) is 3.67. The SMILES string of the molecule is C#CC(C)Nc1ccc(C(=O)O)cc1[N+](=O)[O-]. The van der Waals surface area contributed by atoms with E-state index in [1.807, 2.05) is 0 Å². The van der Waals surface area contributed by atoms with Crippen LogP contribution in [0, 0.1) is 22.5 Å². The van der Waals surface area contributed by atoms with Crippen molar-refractivity contribution < 1.29 is 14.8 Å². The van der Waals surface area contributed by atoms with Crippen molar-refractivity contribution in [2.45, 2.75) is 13.0 Å². The lowest BCUT2D eigenvalue weighted by atomic mass is 10.1. The molecule has 17 heavy (non-hydrogen) atoms. The number of carboxylic acids is 1. The maximum absolute atomic E-state index is 10.8. The molecule has 88 valence electrons. The molecule has 0 aliphatic rings. The number of anilines is 1. The molecule has 6 nitrogen and oxygen atoms in total. The zero-order valence-electron chi connectivity index (χ0n) is 9.01. The molecule has 0 heterocycles. The van der Waals surface area contributed by atoms with E-state index in [2.05, 4.69) is 11.2 Å². The summed E-state index contributed by atoms with van der Waals surface area (Å²) >= 11 is 0. The Morgan fingerprint density at radius 2 is 2.29 bits per heavy atom. The molecule has 6 heteroatoms. The van der Waals surface area contributed by atoms with Crippen molar-refractivity contribution in [1.82, 2.24) is 0 Å². The Morgan fingerprint density at radius 3 is 2.76 bits per heavy atom. The molecule has 1 unspecified atom stereocenters. The molecule has 1 rings (SSSR count). The summed E-state index contributed by atoms with van der Waals surface area (Å²) in [7, 11) is 0. The topological polar surface area (TPSA) is 92.5 Å². The highest BCUT2D eigenvalue weighted by Crippen LogP contribution is 2.26. The highest BCUT2D eigenvalue weighted by molar-refractivity contribution is 5.89. The van der Waals surface area contributed by atoms with Crippen LogP contribution in [0.15, 0.2) is 18.2 Å². The van der Waals surface area contributed by atoms with Gasteiger partial charge in [0.25, 0.3) is 5.69 Å². The number of terminal acetylenes is 1. The van der Waals surface area contributed by atoms with E-state index in [0.717, 1.165) is 6.07 Å². The van der Waals surface area contributed by atoms with Crippen molar-refractivity contribution >= 4 is 17.3 Å². The zero-order valence-corrected chi connectivity index (χ0v) is 9.01. The van der Waals surface area contributed by atoms with E-state index in [1.165, 1.54) is 12.1 Å². The third-order valence-electron chi connectivity index (χ3n) is 2.06. The molecule has 1 aromatic carbocycles. The summed E-state index contributed by atoms with van der Waals surface area (Å²) in [5.74, 6) is 1.15. The van der Waals surface area contributed by atoms with Gasteiger partial charge in [0, 0.05) is 6.07 Å². The van der Waals surface area contributed by atoms with Crippen molar-refractivity contribution in [2.24, 2.45) is 0 Å². The quantitative estimate of drug-likeness (QED) is 0.470. The first-order valence-electron chi connectivity index (χ1n) is 4.70. The fraction of sp³-hybridized carbons (Fsp3) is 0.182. The molecule has 0 saturated carbocycles. The van der Waals surface area contributed by atoms with Gasteiger partial charge in [-0.25, -0.2) is 4.79 Å². The maximum Gasteiger partial charge on any atom is 0.335 e. The van der Waals surface area contributed by atoms with E-state index in [9.17, 15) is 14.9 Å². The van der Waals surface area contributed by atoms with Crippen molar-refractivity contribution in [3.63, 3.8) is 0 Å². The van der Waals surface area contributed by atoms with Gasteiger partial charge < -0.3 is 10.4 Å². The summed E-state index contributed by atoms with van der Waals surface area (Å²) in [6.07, 6.45) is 5.15. The number of nitrogens with zero attached hydrogens (tertiary/aromatic N) is 1. The molecule has 0 amide bonds. The highest BCUT2D eigenvalue weighted by Gasteiger charge is 2.17. The molecular formula is C11H10N2O4. The molecule has 0 aromatic heterocycles. The van der Waals surface area contributed by atoms with E-state index in [0.29, 0.717) is 0 Å². The lowest BCUT2D eigenvalue weighted by Crippen LogP contribution is -2.13. The number of aromatic carboxylic acids is 1. The van der Waals surface area contributed by atoms with Crippen molar-refractivity contribution in [1.29, 1.82) is 0 Å². The van der Waals surface area contributed by atoms with Gasteiger partial charge in [0.15, 0.2) is 0 Å². The van der Waals surface area contributed by atoms with Gasteiger partial charge in [-0.1, -0.05) is 5.92 Å². The Morgan fingerprint density at radius 1 is 1.65 bits per heavy atom. The van der Waals surface area contributed by atoms with Gasteiger partial charge in [0.2, 0.25) is 0 Å². The minimum absolute atomic E-state index is 0.143. The van der Waals surface area contributed by atoms with E-state index in [1.54, 1.807) is 6.92 Å². The molecule has 0 spiro atoms. The van der Waals surface area contributed by atoms with Crippen LogP contribution in [0.1, 0.15) is 17.3 Å². The van der Waals surface area contributed by atoms with Crippen LogP contribution >= 0.6 is 0 Å². The average molecular weight is 234 g/mol. The molecule has 1 aromatic rings. The first-order chi connectivity index (χ1) is 7.95. The van der Waals surface area contributed by atoms with E-state index < -0.39 is 10.9 Å². The number of hydrogen-bond acceptors (Lipinski definition) is 4. The molecular weight excluding hydrogens is 224 g/mol. The highest BCUT2D eigenvalue weighted by atomic mass is 16.6. The number of hydrogen-bond donors (Lipinski definition) is 2. The molecule has 2 N–H and O–H groups in total. The van der Waals surface area contributed by atoms with Gasteiger partial charge in [0.05, 0.1) is 16.5 Å². The number of rotatable bonds is 4. The minimum atomic E-state index is -1.22. The van der Waals surface area contributed by atoms with Crippen LogP contribution in [0.2, 0.25) is 0 Å². The lowest BCUT2D eigenvalue weighted by Gasteiger charge is -2.09. The van der Waals surface area contributed by atoms with Crippen LogP contribution in [0.25, 0.3) is 0 Å². The predicted octanol–water partition coefficient (Wildman–Crippen LogP) is 1.73. The second-order valence-corrected chi connectivity index (χ2v) is 3.33. The first-order valence-corrected chi connectivity index (χ1v) is 4.70. The number of benzene rings is 1. The first kappa shape index (κ1) is 12.5. The monoisotopic (exact) mass is 234 g/mol. The van der Waals surface area contributed by atoms with Crippen LogP contribution < -0.4 is 5.32 Å². The van der Waals surface area contributed by atoms with Crippen LogP contribution in [-0.4, -0.2) is 22.0 Å². The predicted molar refractivity (Wildman–Crippen MR) is 62.0 cm³/mol. The Bertz CT molecular complexity index is 505. The standard InChI is InChI=1S/C11H10N2O4/c1-3-7(2)12-9-5-4-8(11(14)15)6-10(9)13(16)17/h1,4-7,12H,2H3,(H,14,15). The molecule has 0 saturated heterocycles. The van der Waals surface area contributed by atoms with E-state index in [4.69, 9.17) is 11.5 Å². The summed E-state index contributed by atoms with van der Waals surface area (Å²) in [6.45, 7) is 1.66. The summed E-state index contributed by atoms with van der Waals surface area (Å²) in [6, 6.07) is 3.22. The summed E-state index contributed by atoms with van der Waals surface area (Å²) < 4.78 is 0. The molecule has 0 radical (unpaired) electrons. The molecule has 0 aliphatic heterocycles. The minimum Gasteiger partial charge on any atom is -0.478 e. The van der Waals surface area contributed by atoms with Gasteiger partial charge in [-0.15, -0.1) is 6.42 Å². The number of nitro benzene ring substituents is 1. The third kappa shape index (κ3) is 2.95. The zero-order chi connectivity index (χ0) is 13.0. The fourth-order valence-electron chi connectivity index (χ4n) is 1.21. The van der Waals surface area contributed by atoms with Gasteiger partial charge >= 0.3 is 5.97 Å². The van der Waals surface area contributed by atoms with Crippen molar-refractivity contribution in [2.75, 3.05) is 5.32 Å². The Labute approximate surface area is 97.4 Å². The average Bonchev–Trinajstić information content (AvgIpc) is 2.28. The second-order valence-electron chi connectivity index (χ2n) is 3.33. The summed E-state index contributed by atoms with van der Waals surface area (Å²) in [5, 5.41) is 22.3. The van der Waals surface area contributed by atoms with Crippen LogP contribution in [0.3, 0.4) is 0 Å². The van der Waals surface area contributed by atoms with Crippen LogP contribution in [-0.2, 0) is 0 Å². The number of nitro groups is 1. The molecule has 1 atom stereocenters. The van der Waals surface area contributed by atoms with Crippen molar-refractivity contribution in [3.05, 3.63) is 33.9 Å². The van der Waals surface area contributed by atoms with Gasteiger partial charge in [-0.05, 0) is 19.1 Å². The van der Waals surface area contributed by atoms with E-state index >= 15 is 0 Å². The fourth-order valence-corrected chi connectivity index (χ4v) is 1.21. The Hall–Kier alpha value is -2.55. The molecule has 0 bridgehead atoms. The molecule has 0 aliphatic carbocycles. The van der Waals surface area contributed by atoms with Gasteiger partial charge in [-0.2, -0.15) is 0 Å². The number of carboxylic acid groups (broad SMARTS) is 1. The number of nitrogens with one attached hydrogen (secondary N) is 1. The largest absolute Gasteiger partial charge is 0.478 e. The number of carbonyl (C=O) groups is 1. The summed E-state index contributed by atoms with van der Waals surface area (Å²) in [5.41, 5.74) is -0.256. The second kappa shape index (κ2) is 4.99. The Balaban J connectivity index is 3.18. The lowest BCUT2D eigenvalue weighted by molar-refractivity contribution is -0.384. The maximum atomic E-state index is 10.8. The van der Waals surface area contributed by atoms with Crippen molar-refractivity contribution in [3.8, 4) is 12.3 Å². The van der Waals surface area contributed by atoms with Crippen LogP contribution in [0.4, 0.5) is 11.4 Å². The van der Waals surface area contributed by atoms with Gasteiger partial charge in [-0.3, -0.25) is 10.1 Å². The smallest absolute Gasteiger partial charge is 0.335 e. The summed E-state index contributed by atoms with van der Waals surface area (Å²) in [4.78, 5) is 20.8.